The largest absolute Gasteiger partial charge is 0.393 e. The highest BCUT2D eigenvalue weighted by Gasteiger charge is 2.01. The van der Waals surface area contributed by atoms with Gasteiger partial charge in [0, 0.05) is 0 Å². The maximum atomic E-state index is 11.0. The van der Waals surface area contributed by atoms with Crippen molar-refractivity contribution in [2.75, 3.05) is 5.73 Å². The van der Waals surface area contributed by atoms with E-state index in [9.17, 15) is 4.79 Å². The Balaban J connectivity index is 2.92. The minimum absolute atomic E-state index is 0.132. The molecule has 3 N–H and O–H groups in total. The fraction of sp³-hybridized carbons (Fsp3) is 0.167. The molecule has 0 aliphatic carbocycles. The molecular formula is C6H7N5O. The van der Waals surface area contributed by atoms with Crippen LogP contribution in [0.2, 0.25) is 0 Å². The second-order valence-corrected chi connectivity index (χ2v) is 2.47. The normalized spacial score (nSPS) is 10.8. The maximum Gasteiger partial charge on any atom is 0.275 e. The third-order valence-electron chi connectivity index (χ3n) is 1.49. The van der Waals surface area contributed by atoms with E-state index in [1.807, 2.05) is 0 Å². The van der Waals surface area contributed by atoms with Crippen molar-refractivity contribution in [1.29, 1.82) is 0 Å². The lowest BCUT2D eigenvalue weighted by atomic mass is 10.5. The number of hydrogen-bond donors (Lipinski definition) is 2. The number of aromatic nitrogens is 4. The van der Waals surface area contributed by atoms with Crippen LogP contribution in [0.15, 0.2) is 11.0 Å². The van der Waals surface area contributed by atoms with Crippen LogP contribution < -0.4 is 11.3 Å². The molecule has 2 aromatic rings. The minimum Gasteiger partial charge on any atom is -0.393 e. The third-order valence-corrected chi connectivity index (χ3v) is 1.49. The number of nitrogens with zero attached hydrogens (tertiary/aromatic N) is 3. The second-order valence-electron chi connectivity index (χ2n) is 2.47. The number of anilines is 1. The van der Waals surface area contributed by atoms with Crippen molar-refractivity contribution in [3.8, 4) is 0 Å². The summed E-state index contributed by atoms with van der Waals surface area (Å²) in [5.41, 5.74) is 5.16. The lowest BCUT2D eigenvalue weighted by Gasteiger charge is -1.91. The van der Waals surface area contributed by atoms with Gasteiger partial charge >= 0.3 is 0 Å². The predicted octanol–water partition coefficient (Wildman–Crippen LogP) is -0.692. The van der Waals surface area contributed by atoms with E-state index in [1.54, 1.807) is 6.92 Å². The Morgan fingerprint density at radius 3 is 3.17 bits per heavy atom. The summed E-state index contributed by atoms with van der Waals surface area (Å²) in [5.74, 6) is 1.00. The molecule has 2 rings (SSSR count). The van der Waals surface area contributed by atoms with Gasteiger partial charge in [0.25, 0.3) is 5.56 Å². The van der Waals surface area contributed by atoms with Gasteiger partial charge in [-0.25, -0.2) is 4.52 Å². The molecule has 0 aromatic carbocycles. The Bertz CT molecular complexity index is 482. The Morgan fingerprint density at radius 1 is 1.67 bits per heavy atom. The molecule has 2 heterocycles. The van der Waals surface area contributed by atoms with Crippen molar-refractivity contribution in [2.45, 2.75) is 6.92 Å². The van der Waals surface area contributed by atoms with E-state index >= 15 is 0 Å². The van der Waals surface area contributed by atoms with E-state index in [0.29, 0.717) is 11.6 Å². The monoisotopic (exact) mass is 165 g/mol. The summed E-state index contributed by atoms with van der Waals surface area (Å²) < 4.78 is 1.44. The fourth-order valence-electron chi connectivity index (χ4n) is 0.969. The van der Waals surface area contributed by atoms with E-state index in [-0.39, 0.29) is 11.2 Å². The van der Waals surface area contributed by atoms with Gasteiger partial charge in [0.15, 0.2) is 0 Å². The number of rotatable bonds is 0. The molecular weight excluding hydrogens is 158 g/mol. The average Bonchev–Trinajstić information content (AvgIpc) is 2.30. The molecule has 6 nitrogen and oxygen atoms in total. The van der Waals surface area contributed by atoms with Crippen LogP contribution in [0.1, 0.15) is 5.82 Å². The molecule has 0 aliphatic heterocycles. The molecule has 0 bridgehead atoms. The number of hydrogen-bond acceptors (Lipinski definition) is 4. The molecule has 12 heavy (non-hydrogen) atoms. The Morgan fingerprint density at radius 2 is 2.42 bits per heavy atom. The van der Waals surface area contributed by atoms with Crippen LogP contribution >= 0.6 is 0 Å². The van der Waals surface area contributed by atoms with Crippen molar-refractivity contribution in [1.82, 2.24) is 19.6 Å². The molecule has 0 fully saturated rings. The summed E-state index contributed by atoms with van der Waals surface area (Å²) in [7, 11) is 0. The number of aromatic amines is 1. The Hall–Kier alpha value is -1.85. The molecule has 0 radical (unpaired) electrons. The molecule has 0 amide bonds. The van der Waals surface area contributed by atoms with E-state index in [4.69, 9.17) is 5.73 Å². The lowest BCUT2D eigenvalue weighted by Crippen LogP contribution is -2.13. The highest BCUT2D eigenvalue weighted by Crippen LogP contribution is 1.96. The van der Waals surface area contributed by atoms with Crippen molar-refractivity contribution < 1.29 is 0 Å². The van der Waals surface area contributed by atoms with E-state index in [0.717, 1.165) is 0 Å². The van der Waals surface area contributed by atoms with Gasteiger partial charge in [-0.1, -0.05) is 0 Å². The van der Waals surface area contributed by atoms with Gasteiger partial charge in [-0.15, -0.1) is 0 Å². The van der Waals surface area contributed by atoms with E-state index in [1.165, 1.54) is 10.7 Å². The number of fused-ring (bicyclic) bond motifs is 1. The molecule has 0 atom stereocenters. The summed E-state index contributed by atoms with van der Waals surface area (Å²) in [5, 5.41) is 3.97. The van der Waals surface area contributed by atoms with Gasteiger partial charge in [-0.3, -0.25) is 9.78 Å². The zero-order chi connectivity index (χ0) is 8.72. The van der Waals surface area contributed by atoms with Crippen molar-refractivity contribution in [3.63, 3.8) is 0 Å². The standard InChI is InChI=1S/C6H7N5O/c1-3-8-6-9-5(12)4(7)2-11(6)10-3/h2H,7H2,1H3,(H,8,9,10,12). The topological polar surface area (TPSA) is 89.1 Å². The smallest absolute Gasteiger partial charge is 0.275 e. The summed E-state index contributed by atoms with van der Waals surface area (Å²) in [6.07, 6.45) is 1.44. The third kappa shape index (κ3) is 0.849. The number of H-pyrrole nitrogens is 1. The molecule has 0 unspecified atom stereocenters. The zero-order valence-corrected chi connectivity index (χ0v) is 6.40. The number of nitrogens with two attached hydrogens (primary N) is 1. The first-order valence-electron chi connectivity index (χ1n) is 3.38. The minimum atomic E-state index is -0.338. The van der Waals surface area contributed by atoms with Crippen LogP contribution in [-0.2, 0) is 0 Å². The molecule has 0 saturated heterocycles. The van der Waals surface area contributed by atoms with Crippen LogP contribution in [0.25, 0.3) is 5.78 Å². The quantitative estimate of drug-likeness (QED) is 0.540. The fourth-order valence-corrected chi connectivity index (χ4v) is 0.969. The molecule has 6 heteroatoms. The lowest BCUT2D eigenvalue weighted by molar-refractivity contribution is 0.913. The second kappa shape index (κ2) is 2.07. The first-order valence-corrected chi connectivity index (χ1v) is 3.38. The van der Waals surface area contributed by atoms with Crippen molar-refractivity contribution in [2.24, 2.45) is 0 Å². The maximum absolute atomic E-state index is 11.0. The van der Waals surface area contributed by atoms with Gasteiger partial charge < -0.3 is 5.73 Å². The summed E-state index contributed by atoms with van der Waals surface area (Å²) in [4.78, 5) is 17.4. The van der Waals surface area contributed by atoms with Crippen LogP contribution in [0.4, 0.5) is 5.69 Å². The summed E-state index contributed by atoms with van der Waals surface area (Å²) in [6, 6.07) is 0. The SMILES string of the molecule is Cc1nc2[nH]c(=O)c(N)cn2n1. The van der Waals surface area contributed by atoms with Crippen molar-refractivity contribution in [3.05, 3.63) is 22.4 Å². The summed E-state index contributed by atoms with van der Waals surface area (Å²) in [6.45, 7) is 1.74. The first kappa shape index (κ1) is 6.84. The Kier molecular flexibility index (Phi) is 1.18. The molecule has 0 spiro atoms. The van der Waals surface area contributed by atoms with E-state index < -0.39 is 0 Å². The van der Waals surface area contributed by atoms with E-state index in [2.05, 4.69) is 15.1 Å². The summed E-state index contributed by atoms with van der Waals surface area (Å²) >= 11 is 0. The number of nitrogens with one attached hydrogen (secondary N) is 1. The van der Waals surface area contributed by atoms with Gasteiger partial charge in [-0.2, -0.15) is 10.1 Å². The van der Waals surface area contributed by atoms with Crippen LogP contribution in [0.3, 0.4) is 0 Å². The highest BCUT2D eigenvalue weighted by molar-refractivity contribution is 5.37. The van der Waals surface area contributed by atoms with Crippen molar-refractivity contribution >= 4 is 11.5 Å². The average molecular weight is 165 g/mol. The number of nitrogen functional groups attached to an aromatic ring is 1. The predicted molar refractivity (Wildman–Crippen MR) is 42.8 cm³/mol. The van der Waals surface area contributed by atoms with Gasteiger partial charge in [0.05, 0.1) is 6.20 Å². The molecule has 62 valence electrons. The molecule has 2 aromatic heterocycles. The first-order chi connectivity index (χ1) is 5.66. The Labute approximate surface area is 67.0 Å². The molecule has 0 saturated carbocycles. The van der Waals surface area contributed by atoms with Crippen LogP contribution in [0, 0.1) is 6.92 Å². The van der Waals surface area contributed by atoms with Gasteiger partial charge in [0.2, 0.25) is 5.78 Å². The van der Waals surface area contributed by atoms with Gasteiger partial charge in [0.1, 0.15) is 11.5 Å². The highest BCUT2D eigenvalue weighted by atomic mass is 16.1. The molecule has 0 aliphatic rings. The zero-order valence-electron chi connectivity index (χ0n) is 6.40. The van der Waals surface area contributed by atoms with Crippen LogP contribution in [-0.4, -0.2) is 19.6 Å². The number of aryl methyl sites for hydroxylation is 1. The van der Waals surface area contributed by atoms with Gasteiger partial charge in [-0.05, 0) is 6.92 Å². The van der Waals surface area contributed by atoms with Crippen LogP contribution in [0.5, 0.6) is 0 Å².